The molecule has 0 spiro atoms. The summed E-state index contributed by atoms with van der Waals surface area (Å²) in [7, 11) is 0. The fraction of sp³-hybridized carbons (Fsp3) is 0.294. The molecule has 20 heavy (non-hydrogen) atoms. The number of anilines is 1. The quantitative estimate of drug-likeness (QED) is 0.732. The Morgan fingerprint density at radius 1 is 1.10 bits per heavy atom. The molecular weight excluding hydrogens is 248 g/mol. The molecule has 4 N–H and O–H groups in total. The molecule has 0 heterocycles. The number of aliphatic hydroxyl groups excluding tert-OH is 1. The van der Waals surface area contributed by atoms with Gasteiger partial charge in [-0.1, -0.05) is 42.0 Å². The number of nitrogen functional groups attached to an aromatic ring is 1. The van der Waals surface area contributed by atoms with Gasteiger partial charge >= 0.3 is 0 Å². The van der Waals surface area contributed by atoms with Gasteiger partial charge in [0.2, 0.25) is 0 Å². The Morgan fingerprint density at radius 2 is 1.80 bits per heavy atom. The maximum atomic E-state index is 10.1. The van der Waals surface area contributed by atoms with Crippen molar-refractivity contribution in [3.05, 3.63) is 64.7 Å². The molecular formula is C17H22N2O. The summed E-state index contributed by atoms with van der Waals surface area (Å²) in [5, 5.41) is 13.4. The minimum Gasteiger partial charge on any atom is -0.399 e. The summed E-state index contributed by atoms with van der Waals surface area (Å²) in [4.78, 5) is 0. The van der Waals surface area contributed by atoms with Crippen LogP contribution in [0, 0.1) is 13.8 Å². The van der Waals surface area contributed by atoms with Crippen LogP contribution in [0.5, 0.6) is 0 Å². The molecule has 0 radical (unpaired) electrons. The number of nitrogens with one attached hydrogen (secondary N) is 1. The second-order valence-electron chi connectivity index (χ2n) is 5.25. The first-order valence-electron chi connectivity index (χ1n) is 6.86. The average Bonchev–Trinajstić information content (AvgIpc) is 2.44. The Bertz CT molecular complexity index is 564. The number of hydrogen-bond donors (Lipinski definition) is 3. The third-order valence-electron chi connectivity index (χ3n) is 3.48. The molecule has 0 saturated heterocycles. The van der Waals surface area contributed by atoms with Crippen LogP contribution in [-0.2, 0) is 6.54 Å². The highest BCUT2D eigenvalue weighted by molar-refractivity contribution is 5.48. The van der Waals surface area contributed by atoms with Crippen molar-refractivity contribution in [2.24, 2.45) is 0 Å². The molecule has 0 saturated carbocycles. The topological polar surface area (TPSA) is 58.3 Å². The first-order valence-corrected chi connectivity index (χ1v) is 6.86. The van der Waals surface area contributed by atoms with E-state index in [1.54, 1.807) is 0 Å². The largest absolute Gasteiger partial charge is 0.399 e. The predicted molar refractivity (Wildman–Crippen MR) is 83.4 cm³/mol. The van der Waals surface area contributed by atoms with Crippen molar-refractivity contribution in [1.29, 1.82) is 0 Å². The highest BCUT2D eigenvalue weighted by Gasteiger charge is 2.08. The van der Waals surface area contributed by atoms with E-state index in [0.717, 1.165) is 23.4 Å². The van der Waals surface area contributed by atoms with Gasteiger partial charge in [-0.3, -0.25) is 0 Å². The van der Waals surface area contributed by atoms with E-state index in [1.807, 2.05) is 25.1 Å². The smallest absolute Gasteiger partial charge is 0.0915 e. The van der Waals surface area contributed by atoms with E-state index in [1.165, 1.54) is 11.1 Å². The minimum absolute atomic E-state index is 0.510. The van der Waals surface area contributed by atoms with Crippen LogP contribution in [0.15, 0.2) is 42.5 Å². The Kier molecular flexibility index (Phi) is 4.77. The molecule has 0 fully saturated rings. The third-order valence-corrected chi connectivity index (χ3v) is 3.48. The molecule has 0 aliphatic rings. The fourth-order valence-corrected chi connectivity index (χ4v) is 2.04. The van der Waals surface area contributed by atoms with Crippen LogP contribution in [0.4, 0.5) is 5.69 Å². The SMILES string of the molecule is Cc1ccc(CNCC(O)c2ccc(C)c(N)c2)cc1. The van der Waals surface area contributed by atoms with Crippen LogP contribution >= 0.6 is 0 Å². The van der Waals surface area contributed by atoms with Crippen LogP contribution in [0.2, 0.25) is 0 Å². The normalized spacial score (nSPS) is 12.3. The number of aliphatic hydroxyl groups is 1. The lowest BCUT2D eigenvalue weighted by Gasteiger charge is -2.13. The van der Waals surface area contributed by atoms with E-state index in [4.69, 9.17) is 5.73 Å². The van der Waals surface area contributed by atoms with Crippen LogP contribution in [0.25, 0.3) is 0 Å². The van der Waals surface area contributed by atoms with Gasteiger partial charge in [-0.15, -0.1) is 0 Å². The maximum absolute atomic E-state index is 10.1. The van der Waals surface area contributed by atoms with E-state index < -0.39 is 6.10 Å². The molecule has 0 aliphatic carbocycles. The highest BCUT2D eigenvalue weighted by atomic mass is 16.3. The van der Waals surface area contributed by atoms with E-state index >= 15 is 0 Å². The Balaban J connectivity index is 1.87. The molecule has 0 amide bonds. The van der Waals surface area contributed by atoms with Crippen molar-refractivity contribution in [2.75, 3.05) is 12.3 Å². The summed E-state index contributed by atoms with van der Waals surface area (Å²) in [6.45, 7) is 5.29. The molecule has 0 aromatic heterocycles. The summed E-state index contributed by atoms with van der Waals surface area (Å²) in [6.07, 6.45) is -0.539. The predicted octanol–water partition coefficient (Wildman–Crippen LogP) is 2.71. The molecule has 3 heteroatoms. The standard InChI is InChI=1S/C17H22N2O/c1-12-3-6-14(7-4-12)10-19-11-17(20)15-8-5-13(2)16(18)9-15/h3-9,17,19-20H,10-11,18H2,1-2H3. The van der Waals surface area contributed by atoms with Gasteiger partial charge in [-0.2, -0.15) is 0 Å². The van der Waals surface area contributed by atoms with E-state index in [-0.39, 0.29) is 0 Å². The number of hydrogen-bond acceptors (Lipinski definition) is 3. The van der Waals surface area contributed by atoms with Crippen molar-refractivity contribution in [3.63, 3.8) is 0 Å². The van der Waals surface area contributed by atoms with Gasteiger partial charge in [-0.25, -0.2) is 0 Å². The summed E-state index contributed by atoms with van der Waals surface area (Å²) in [6, 6.07) is 14.1. The number of rotatable bonds is 5. The van der Waals surface area contributed by atoms with Crippen molar-refractivity contribution in [3.8, 4) is 0 Å². The summed E-state index contributed by atoms with van der Waals surface area (Å²) >= 11 is 0. The van der Waals surface area contributed by atoms with Crippen LogP contribution in [0.1, 0.15) is 28.4 Å². The van der Waals surface area contributed by atoms with Gasteiger partial charge in [0, 0.05) is 18.8 Å². The number of aryl methyl sites for hydroxylation is 2. The van der Waals surface area contributed by atoms with Gasteiger partial charge in [-0.05, 0) is 36.6 Å². The molecule has 1 atom stereocenters. The fourth-order valence-electron chi connectivity index (χ4n) is 2.04. The Hall–Kier alpha value is -1.84. The number of nitrogens with two attached hydrogens (primary N) is 1. The second-order valence-corrected chi connectivity index (χ2v) is 5.25. The first-order chi connectivity index (χ1) is 9.56. The van der Waals surface area contributed by atoms with E-state index in [2.05, 4.69) is 36.5 Å². The summed E-state index contributed by atoms with van der Waals surface area (Å²) in [5.74, 6) is 0. The van der Waals surface area contributed by atoms with Crippen LogP contribution in [0.3, 0.4) is 0 Å². The Labute approximate surface area is 120 Å². The molecule has 2 aromatic carbocycles. The zero-order valence-corrected chi connectivity index (χ0v) is 12.1. The van der Waals surface area contributed by atoms with E-state index in [0.29, 0.717) is 6.54 Å². The monoisotopic (exact) mass is 270 g/mol. The van der Waals surface area contributed by atoms with Gasteiger partial charge in [0.05, 0.1) is 6.10 Å². The molecule has 0 bridgehead atoms. The second kappa shape index (κ2) is 6.55. The summed E-state index contributed by atoms with van der Waals surface area (Å²) < 4.78 is 0. The molecule has 1 unspecified atom stereocenters. The van der Waals surface area contributed by atoms with E-state index in [9.17, 15) is 5.11 Å². The van der Waals surface area contributed by atoms with Crippen molar-refractivity contribution in [1.82, 2.24) is 5.32 Å². The zero-order valence-electron chi connectivity index (χ0n) is 12.1. The Morgan fingerprint density at radius 3 is 2.45 bits per heavy atom. The molecule has 0 aliphatic heterocycles. The highest BCUT2D eigenvalue weighted by Crippen LogP contribution is 2.18. The maximum Gasteiger partial charge on any atom is 0.0915 e. The van der Waals surface area contributed by atoms with Crippen LogP contribution in [-0.4, -0.2) is 11.7 Å². The number of benzene rings is 2. The van der Waals surface area contributed by atoms with Gasteiger partial charge in [0.1, 0.15) is 0 Å². The lowest BCUT2D eigenvalue weighted by Crippen LogP contribution is -2.21. The molecule has 3 nitrogen and oxygen atoms in total. The first kappa shape index (κ1) is 14.6. The zero-order chi connectivity index (χ0) is 14.5. The van der Waals surface area contributed by atoms with Crippen molar-refractivity contribution in [2.45, 2.75) is 26.5 Å². The van der Waals surface area contributed by atoms with Gasteiger partial charge in [0.25, 0.3) is 0 Å². The lowest BCUT2D eigenvalue weighted by atomic mass is 10.1. The molecule has 106 valence electrons. The van der Waals surface area contributed by atoms with Crippen LogP contribution < -0.4 is 11.1 Å². The van der Waals surface area contributed by atoms with Gasteiger partial charge < -0.3 is 16.2 Å². The average molecular weight is 270 g/mol. The van der Waals surface area contributed by atoms with Gasteiger partial charge in [0.15, 0.2) is 0 Å². The summed E-state index contributed by atoms with van der Waals surface area (Å²) in [5.41, 5.74) is 10.9. The molecule has 2 rings (SSSR count). The lowest BCUT2D eigenvalue weighted by molar-refractivity contribution is 0.174. The molecule has 2 aromatic rings. The van der Waals surface area contributed by atoms with Crippen molar-refractivity contribution < 1.29 is 5.11 Å². The third kappa shape index (κ3) is 3.83. The van der Waals surface area contributed by atoms with Crippen molar-refractivity contribution >= 4 is 5.69 Å². The minimum atomic E-state index is -0.539.